The van der Waals surface area contributed by atoms with Crippen molar-refractivity contribution in [1.82, 2.24) is 14.8 Å². The molecule has 27 heavy (non-hydrogen) atoms. The fourth-order valence-electron chi connectivity index (χ4n) is 3.40. The van der Waals surface area contributed by atoms with Crippen LogP contribution in [0.1, 0.15) is 11.3 Å². The lowest BCUT2D eigenvalue weighted by Gasteiger charge is -2.07. The number of hydrogen-bond donors (Lipinski definition) is 1. The van der Waals surface area contributed by atoms with Crippen LogP contribution in [-0.2, 0) is 0 Å². The largest absolute Gasteiger partial charge is 0.322 e. The van der Waals surface area contributed by atoms with E-state index in [2.05, 4.69) is 34.7 Å². The van der Waals surface area contributed by atoms with Gasteiger partial charge in [-0.15, -0.1) is 0 Å². The maximum Gasteiger partial charge on any atom is 0.123 e. The number of benzene rings is 3. The molecule has 0 amide bonds. The highest BCUT2D eigenvalue weighted by molar-refractivity contribution is 5.90. The third kappa shape index (κ3) is 2.81. The normalized spacial score (nSPS) is 11.7. The molecule has 0 aliphatic rings. The van der Waals surface area contributed by atoms with Crippen LogP contribution < -0.4 is 0 Å². The summed E-state index contributed by atoms with van der Waals surface area (Å²) < 4.78 is 16.0. The Morgan fingerprint density at radius 1 is 0.852 bits per heavy atom. The standard InChI is InChI=1S/C23H16FN3/c24-19-10-12-23(27-14-17-5-1-2-6-18(17)15-27)16(13-19)9-11-22-20-7-3-4-8-21(20)25-26-22/h1-15H,(H,25,26). The molecule has 0 aliphatic heterocycles. The van der Waals surface area contributed by atoms with E-state index >= 15 is 0 Å². The summed E-state index contributed by atoms with van der Waals surface area (Å²) in [4.78, 5) is 0. The average molecular weight is 353 g/mol. The van der Waals surface area contributed by atoms with Gasteiger partial charge in [-0.25, -0.2) is 4.39 Å². The third-order valence-corrected chi connectivity index (χ3v) is 4.74. The van der Waals surface area contributed by atoms with E-state index in [-0.39, 0.29) is 5.82 Å². The zero-order chi connectivity index (χ0) is 18.2. The molecule has 0 bridgehead atoms. The van der Waals surface area contributed by atoms with Gasteiger partial charge < -0.3 is 4.57 Å². The molecule has 0 radical (unpaired) electrons. The van der Waals surface area contributed by atoms with E-state index in [0.29, 0.717) is 0 Å². The fourth-order valence-corrected chi connectivity index (χ4v) is 3.40. The average Bonchev–Trinajstić information content (AvgIpc) is 3.30. The fraction of sp³-hybridized carbons (Fsp3) is 0. The van der Waals surface area contributed by atoms with Crippen molar-refractivity contribution in [2.45, 2.75) is 0 Å². The molecule has 0 fully saturated rings. The van der Waals surface area contributed by atoms with Gasteiger partial charge in [0.1, 0.15) is 5.82 Å². The molecule has 0 aliphatic carbocycles. The number of halogens is 1. The van der Waals surface area contributed by atoms with E-state index in [1.165, 1.54) is 6.07 Å². The quantitative estimate of drug-likeness (QED) is 0.436. The molecule has 0 saturated carbocycles. The summed E-state index contributed by atoms with van der Waals surface area (Å²) in [7, 11) is 0. The molecule has 5 aromatic rings. The summed E-state index contributed by atoms with van der Waals surface area (Å²) >= 11 is 0. The number of hydrogen-bond acceptors (Lipinski definition) is 1. The van der Waals surface area contributed by atoms with Crippen molar-refractivity contribution in [2.75, 3.05) is 0 Å². The van der Waals surface area contributed by atoms with Crippen LogP contribution in [0.15, 0.2) is 79.1 Å². The van der Waals surface area contributed by atoms with Gasteiger partial charge >= 0.3 is 0 Å². The minimum atomic E-state index is -0.262. The molecule has 4 heteroatoms. The lowest BCUT2D eigenvalue weighted by atomic mass is 10.1. The maximum absolute atomic E-state index is 13.9. The van der Waals surface area contributed by atoms with Gasteiger partial charge in [0.25, 0.3) is 0 Å². The summed E-state index contributed by atoms with van der Waals surface area (Å²) in [5.74, 6) is -0.262. The molecule has 0 atom stereocenters. The van der Waals surface area contributed by atoms with Crippen LogP contribution in [0.3, 0.4) is 0 Å². The Kier molecular flexibility index (Phi) is 3.61. The van der Waals surface area contributed by atoms with Crippen LogP contribution in [-0.4, -0.2) is 14.8 Å². The molecular formula is C23H16FN3. The van der Waals surface area contributed by atoms with Crippen molar-refractivity contribution in [2.24, 2.45) is 0 Å². The third-order valence-electron chi connectivity index (χ3n) is 4.74. The topological polar surface area (TPSA) is 33.6 Å². The van der Waals surface area contributed by atoms with E-state index in [1.807, 2.05) is 53.1 Å². The second kappa shape index (κ2) is 6.25. The lowest BCUT2D eigenvalue weighted by molar-refractivity contribution is 0.627. The summed E-state index contributed by atoms with van der Waals surface area (Å²) in [5.41, 5.74) is 3.53. The number of H-pyrrole nitrogens is 1. The number of nitrogens with one attached hydrogen (secondary N) is 1. The monoisotopic (exact) mass is 353 g/mol. The molecule has 0 unspecified atom stereocenters. The number of para-hydroxylation sites is 1. The first-order chi connectivity index (χ1) is 13.3. The molecule has 130 valence electrons. The summed E-state index contributed by atoms with van der Waals surface area (Å²) in [6.45, 7) is 0. The van der Waals surface area contributed by atoms with Crippen LogP contribution in [0.5, 0.6) is 0 Å². The maximum atomic E-state index is 13.9. The Labute approximate surface area is 155 Å². The Morgan fingerprint density at radius 3 is 2.41 bits per heavy atom. The molecule has 0 spiro atoms. The van der Waals surface area contributed by atoms with Crippen LogP contribution in [0.4, 0.5) is 4.39 Å². The Hall–Kier alpha value is -3.66. The van der Waals surface area contributed by atoms with E-state index in [4.69, 9.17) is 0 Å². The number of rotatable bonds is 3. The van der Waals surface area contributed by atoms with Gasteiger partial charge in [-0.2, -0.15) is 5.10 Å². The van der Waals surface area contributed by atoms with Crippen LogP contribution in [0.2, 0.25) is 0 Å². The predicted octanol–water partition coefficient (Wildman–Crippen LogP) is 5.82. The summed E-state index contributed by atoms with van der Waals surface area (Å²) in [5, 5.41) is 10.7. The minimum absolute atomic E-state index is 0.262. The number of fused-ring (bicyclic) bond motifs is 2. The van der Waals surface area contributed by atoms with Crippen molar-refractivity contribution in [3.8, 4) is 5.69 Å². The van der Waals surface area contributed by atoms with Gasteiger partial charge in [0.15, 0.2) is 0 Å². The first-order valence-electron chi connectivity index (χ1n) is 8.76. The molecule has 3 nitrogen and oxygen atoms in total. The van der Waals surface area contributed by atoms with Crippen molar-refractivity contribution in [1.29, 1.82) is 0 Å². The molecule has 3 aromatic carbocycles. The molecule has 2 aromatic heterocycles. The molecule has 0 saturated heterocycles. The second-order valence-corrected chi connectivity index (χ2v) is 6.49. The molecule has 2 heterocycles. The number of nitrogens with zero attached hydrogens (tertiary/aromatic N) is 2. The van der Waals surface area contributed by atoms with Crippen molar-refractivity contribution < 1.29 is 4.39 Å². The van der Waals surface area contributed by atoms with Crippen LogP contribution in [0, 0.1) is 5.82 Å². The summed E-state index contributed by atoms with van der Waals surface area (Å²) in [6.07, 6.45) is 7.94. The Morgan fingerprint density at radius 2 is 1.59 bits per heavy atom. The van der Waals surface area contributed by atoms with E-state index in [0.717, 1.165) is 38.6 Å². The van der Waals surface area contributed by atoms with E-state index in [1.54, 1.807) is 12.1 Å². The minimum Gasteiger partial charge on any atom is -0.322 e. The highest BCUT2D eigenvalue weighted by atomic mass is 19.1. The van der Waals surface area contributed by atoms with E-state index in [9.17, 15) is 4.39 Å². The lowest BCUT2D eigenvalue weighted by Crippen LogP contribution is -1.94. The SMILES string of the molecule is Fc1ccc(-n2cc3ccccc3c2)c(C=Cc2n[nH]c3ccccc23)c1. The zero-order valence-electron chi connectivity index (χ0n) is 14.4. The smallest absolute Gasteiger partial charge is 0.123 e. The number of aromatic amines is 1. The van der Waals surface area contributed by atoms with Crippen molar-refractivity contribution in [3.63, 3.8) is 0 Å². The molecule has 5 rings (SSSR count). The highest BCUT2D eigenvalue weighted by Gasteiger charge is 2.07. The highest BCUT2D eigenvalue weighted by Crippen LogP contribution is 2.24. The number of aromatic nitrogens is 3. The Balaban J connectivity index is 1.60. The predicted molar refractivity (Wildman–Crippen MR) is 108 cm³/mol. The van der Waals surface area contributed by atoms with Crippen LogP contribution in [0.25, 0.3) is 39.5 Å². The first kappa shape index (κ1) is 15.6. The van der Waals surface area contributed by atoms with Gasteiger partial charge in [-0.05, 0) is 41.1 Å². The first-order valence-corrected chi connectivity index (χ1v) is 8.76. The van der Waals surface area contributed by atoms with Gasteiger partial charge in [0.05, 0.1) is 16.9 Å². The second-order valence-electron chi connectivity index (χ2n) is 6.49. The van der Waals surface area contributed by atoms with Gasteiger partial charge in [-0.3, -0.25) is 5.10 Å². The van der Waals surface area contributed by atoms with Crippen molar-refractivity contribution >= 4 is 33.8 Å². The van der Waals surface area contributed by atoms with Gasteiger partial charge in [0.2, 0.25) is 0 Å². The summed E-state index contributed by atoms with van der Waals surface area (Å²) in [6, 6.07) is 21.0. The molecular weight excluding hydrogens is 337 g/mol. The Bertz CT molecular complexity index is 1260. The molecule has 1 N–H and O–H groups in total. The van der Waals surface area contributed by atoms with Crippen molar-refractivity contribution in [3.05, 3.63) is 96.2 Å². The zero-order valence-corrected chi connectivity index (χ0v) is 14.4. The van der Waals surface area contributed by atoms with E-state index < -0.39 is 0 Å². The van der Waals surface area contributed by atoms with Crippen LogP contribution >= 0.6 is 0 Å². The van der Waals surface area contributed by atoms with Gasteiger partial charge in [0, 0.05) is 23.3 Å². The van der Waals surface area contributed by atoms with Gasteiger partial charge in [-0.1, -0.05) is 48.5 Å².